The minimum atomic E-state index is -1.37. The predicted molar refractivity (Wildman–Crippen MR) is 116 cm³/mol. The van der Waals surface area contributed by atoms with Gasteiger partial charge in [0.15, 0.2) is 0 Å². The highest BCUT2D eigenvalue weighted by Crippen LogP contribution is 2.26. The Bertz CT molecular complexity index is 831. The van der Waals surface area contributed by atoms with Crippen molar-refractivity contribution in [2.24, 2.45) is 0 Å². The summed E-state index contributed by atoms with van der Waals surface area (Å²) in [5.41, 5.74) is -0.227. The van der Waals surface area contributed by atoms with Gasteiger partial charge in [-0.1, -0.05) is 19.1 Å². The van der Waals surface area contributed by atoms with Gasteiger partial charge in [-0.15, -0.1) is 0 Å². The van der Waals surface area contributed by atoms with Crippen molar-refractivity contribution in [2.75, 3.05) is 24.6 Å². The molecule has 1 aromatic heterocycles. The average molecular weight is 415 g/mol. The Kier molecular flexibility index (Phi) is 6.95. The Morgan fingerprint density at radius 1 is 1.23 bits per heavy atom. The number of benzene rings is 1. The van der Waals surface area contributed by atoms with Crippen molar-refractivity contribution in [3.8, 4) is 11.5 Å². The quantitative estimate of drug-likeness (QED) is 0.581. The van der Waals surface area contributed by atoms with E-state index in [2.05, 4.69) is 16.8 Å². The predicted octanol–water partition coefficient (Wildman–Crippen LogP) is 4.95. The molecule has 1 aliphatic rings. The summed E-state index contributed by atoms with van der Waals surface area (Å²) < 4.78 is 25.1. The third kappa shape index (κ3) is 6.44. The van der Waals surface area contributed by atoms with Gasteiger partial charge in [0.1, 0.15) is 41.5 Å². The number of hydrogen-bond donors (Lipinski definition) is 0. The van der Waals surface area contributed by atoms with Gasteiger partial charge in [0.05, 0.1) is 12.7 Å². The highest BCUT2D eigenvalue weighted by molar-refractivity contribution is 5.76. The van der Waals surface area contributed by atoms with Crippen LogP contribution in [0, 0.1) is 0 Å². The lowest BCUT2D eigenvalue weighted by Crippen LogP contribution is -2.25. The van der Waals surface area contributed by atoms with Crippen LogP contribution in [-0.2, 0) is 4.79 Å². The second kappa shape index (κ2) is 9.45. The largest absolute Gasteiger partial charge is 0.489 e. The van der Waals surface area contributed by atoms with Gasteiger partial charge >= 0.3 is 0 Å². The first-order chi connectivity index (χ1) is 14.2. The average Bonchev–Trinajstić information content (AvgIpc) is 3.15. The van der Waals surface area contributed by atoms with E-state index in [-0.39, 0.29) is 24.4 Å². The molecule has 5 nitrogen and oxygen atoms in total. The van der Waals surface area contributed by atoms with Gasteiger partial charge in [0.25, 0.3) is 0 Å². The van der Waals surface area contributed by atoms with Gasteiger partial charge in [-0.25, -0.2) is 9.37 Å². The first kappa shape index (κ1) is 22.1. The molecule has 0 aliphatic carbocycles. The molecule has 162 valence electrons. The maximum Gasteiger partial charge on any atom is 0.139 e. The van der Waals surface area contributed by atoms with Crippen LogP contribution in [-0.4, -0.2) is 42.2 Å². The fourth-order valence-electron chi connectivity index (χ4n) is 3.55. The number of aromatic nitrogens is 1. The Labute approximate surface area is 178 Å². The van der Waals surface area contributed by atoms with Crippen molar-refractivity contribution in [2.45, 2.75) is 58.2 Å². The van der Waals surface area contributed by atoms with Gasteiger partial charge in [-0.05, 0) is 56.5 Å². The molecule has 1 aliphatic heterocycles. The molecule has 1 saturated heterocycles. The number of alkyl halides is 1. The molecule has 0 N–H and O–H groups in total. The molecular formula is C24H31FN2O3. The Balaban J connectivity index is 1.51. The number of carbonyl (C=O) groups is 1. The number of ketones is 1. The van der Waals surface area contributed by atoms with Crippen LogP contribution in [0.4, 0.5) is 10.2 Å². The molecule has 6 heteroatoms. The molecule has 1 aromatic carbocycles. The van der Waals surface area contributed by atoms with Gasteiger partial charge in [0, 0.05) is 19.4 Å². The molecule has 0 bridgehead atoms. The highest BCUT2D eigenvalue weighted by Gasteiger charge is 2.25. The first-order valence-corrected chi connectivity index (χ1v) is 10.5. The Hall–Kier alpha value is -2.63. The summed E-state index contributed by atoms with van der Waals surface area (Å²) in [6.45, 7) is 8.28. The summed E-state index contributed by atoms with van der Waals surface area (Å²) in [4.78, 5) is 17.9. The van der Waals surface area contributed by atoms with Gasteiger partial charge in [-0.2, -0.15) is 0 Å². The van der Waals surface area contributed by atoms with E-state index in [1.54, 1.807) is 13.1 Å². The molecule has 1 unspecified atom stereocenters. The van der Waals surface area contributed by atoms with Crippen LogP contribution >= 0.6 is 0 Å². The van der Waals surface area contributed by atoms with Crippen LogP contribution in [0.1, 0.15) is 52.0 Å². The molecule has 2 heterocycles. The first-order valence-electron chi connectivity index (χ1n) is 10.5. The number of rotatable bonds is 9. The lowest BCUT2D eigenvalue weighted by Gasteiger charge is -2.19. The molecular weight excluding hydrogens is 383 g/mol. The number of Topliss-reactive ketones (excluding diaryl/α,β-unsaturated/α-hetero) is 1. The SMILES string of the molecule is CC(=O)C[C@@H](C)c1ccc(OC2CCN(c3ccc(OCC(C)(C)F)cn3)C2)cc1. The fourth-order valence-corrected chi connectivity index (χ4v) is 3.55. The van der Waals surface area contributed by atoms with Crippen molar-refractivity contribution in [1.29, 1.82) is 0 Å². The standard InChI is InChI=1S/C24H31FN2O3/c1-17(13-18(2)28)19-5-7-20(8-6-19)30-22-11-12-27(15-22)23-10-9-21(14-26-23)29-16-24(3,4)25/h5-10,14,17,22H,11-13,15-16H2,1-4H3/t17-,22?/m1/s1. The van der Waals surface area contributed by atoms with Crippen molar-refractivity contribution >= 4 is 11.6 Å². The minimum absolute atomic E-state index is 0.0000249. The summed E-state index contributed by atoms with van der Waals surface area (Å²) in [6.07, 6.45) is 3.20. The number of anilines is 1. The third-order valence-electron chi connectivity index (χ3n) is 5.12. The van der Waals surface area contributed by atoms with Crippen LogP contribution < -0.4 is 14.4 Å². The molecule has 1 fully saturated rings. The molecule has 0 radical (unpaired) electrons. The zero-order valence-corrected chi connectivity index (χ0v) is 18.2. The van der Waals surface area contributed by atoms with Crippen LogP contribution in [0.5, 0.6) is 11.5 Å². The van der Waals surface area contributed by atoms with E-state index in [0.717, 1.165) is 36.6 Å². The van der Waals surface area contributed by atoms with Crippen LogP contribution in [0.15, 0.2) is 42.6 Å². The maximum atomic E-state index is 13.6. The van der Waals surface area contributed by atoms with Gasteiger partial charge < -0.3 is 19.2 Å². The van der Waals surface area contributed by atoms with Crippen molar-refractivity contribution in [1.82, 2.24) is 4.98 Å². The summed E-state index contributed by atoms with van der Waals surface area (Å²) >= 11 is 0. The molecule has 2 atom stereocenters. The van der Waals surface area contributed by atoms with Crippen LogP contribution in [0.25, 0.3) is 0 Å². The van der Waals surface area contributed by atoms with Crippen LogP contribution in [0.3, 0.4) is 0 Å². The van der Waals surface area contributed by atoms with E-state index >= 15 is 0 Å². The van der Waals surface area contributed by atoms with Gasteiger partial charge in [0.2, 0.25) is 0 Å². The number of nitrogens with zero attached hydrogens (tertiary/aromatic N) is 2. The number of pyridine rings is 1. The second-order valence-electron chi connectivity index (χ2n) is 8.71. The van der Waals surface area contributed by atoms with E-state index < -0.39 is 5.67 Å². The number of hydrogen-bond acceptors (Lipinski definition) is 5. The van der Waals surface area contributed by atoms with Gasteiger partial charge in [-0.3, -0.25) is 0 Å². The van der Waals surface area contributed by atoms with Crippen molar-refractivity contribution in [3.63, 3.8) is 0 Å². The lowest BCUT2D eigenvalue weighted by molar-refractivity contribution is -0.117. The molecule has 0 amide bonds. The Morgan fingerprint density at radius 2 is 1.93 bits per heavy atom. The molecule has 0 saturated carbocycles. The van der Waals surface area contributed by atoms with E-state index in [9.17, 15) is 9.18 Å². The monoisotopic (exact) mass is 414 g/mol. The number of ether oxygens (including phenoxy) is 2. The molecule has 3 rings (SSSR count). The maximum absolute atomic E-state index is 13.6. The van der Waals surface area contributed by atoms with Crippen LogP contribution in [0.2, 0.25) is 0 Å². The summed E-state index contributed by atoms with van der Waals surface area (Å²) in [7, 11) is 0. The van der Waals surface area contributed by atoms with E-state index in [1.165, 1.54) is 13.8 Å². The minimum Gasteiger partial charge on any atom is -0.489 e. The summed E-state index contributed by atoms with van der Waals surface area (Å²) in [5.74, 6) is 2.68. The molecule has 0 spiro atoms. The smallest absolute Gasteiger partial charge is 0.139 e. The molecule has 2 aromatic rings. The lowest BCUT2D eigenvalue weighted by atomic mass is 9.96. The summed E-state index contributed by atoms with van der Waals surface area (Å²) in [5, 5.41) is 0. The molecule has 30 heavy (non-hydrogen) atoms. The Morgan fingerprint density at radius 3 is 2.53 bits per heavy atom. The highest BCUT2D eigenvalue weighted by atomic mass is 19.1. The van der Waals surface area contributed by atoms with Crippen molar-refractivity contribution in [3.05, 3.63) is 48.2 Å². The third-order valence-corrected chi connectivity index (χ3v) is 5.12. The number of carbonyl (C=O) groups excluding carboxylic acids is 1. The van der Waals surface area contributed by atoms with Crippen molar-refractivity contribution < 1.29 is 18.7 Å². The fraction of sp³-hybridized carbons (Fsp3) is 0.500. The summed E-state index contributed by atoms with van der Waals surface area (Å²) in [6, 6.07) is 11.7. The van der Waals surface area contributed by atoms with E-state index in [0.29, 0.717) is 12.2 Å². The van der Waals surface area contributed by atoms with E-state index in [4.69, 9.17) is 9.47 Å². The topological polar surface area (TPSA) is 51.7 Å². The normalized spacial score (nSPS) is 17.6. The zero-order valence-electron chi connectivity index (χ0n) is 18.2. The number of halogens is 1. The zero-order chi connectivity index (χ0) is 21.7. The second-order valence-corrected chi connectivity index (χ2v) is 8.71. The van der Waals surface area contributed by atoms with E-state index in [1.807, 2.05) is 36.4 Å².